The zero-order valence-electron chi connectivity index (χ0n) is 11.1. The first kappa shape index (κ1) is 13.3. The first-order valence-electron chi connectivity index (χ1n) is 6.87. The molecule has 0 aromatic heterocycles. The van der Waals surface area contributed by atoms with E-state index in [9.17, 15) is 9.59 Å². The van der Waals surface area contributed by atoms with Crippen molar-refractivity contribution in [2.24, 2.45) is 5.73 Å². The molecule has 1 aliphatic heterocycles. The molecule has 1 heterocycles. The van der Waals surface area contributed by atoms with E-state index in [0.717, 1.165) is 45.1 Å². The van der Waals surface area contributed by atoms with Gasteiger partial charge in [-0.3, -0.25) is 9.59 Å². The topological polar surface area (TPSA) is 75.4 Å². The molecule has 0 radical (unpaired) electrons. The van der Waals surface area contributed by atoms with Gasteiger partial charge in [-0.15, -0.1) is 0 Å². The fraction of sp³-hybridized carbons (Fsp3) is 0.846. The molecule has 0 aromatic carbocycles. The van der Waals surface area contributed by atoms with Gasteiger partial charge in [-0.1, -0.05) is 12.8 Å². The van der Waals surface area contributed by atoms with Crippen LogP contribution in [0.1, 0.15) is 45.4 Å². The minimum Gasteiger partial charge on any atom is -0.352 e. The Morgan fingerprint density at radius 3 is 2.56 bits per heavy atom. The molecule has 1 atom stereocenters. The number of hydrogen-bond donors (Lipinski definition) is 2. The fourth-order valence-electron chi connectivity index (χ4n) is 3.10. The summed E-state index contributed by atoms with van der Waals surface area (Å²) in [6.07, 6.45) is 5.57. The van der Waals surface area contributed by atoms with Crippen LogP contribution in [0.3, 0.4) is 0 Å². The predicted molar refractivity (Wildman–Crippen MR) is 68.8 cm³/mol. The molecule has 1 saturated heterocycles. The van der Waals surface area contributed by atoms with Crippen LogP contribution in [0.2, 0.25) is 0 Å². The highest BCUT2D eigenvalue weighted by atomic mass is 16.2. The summed E-state index contributed by atoms with van der Waals surface area (Å²) in [7, 11) is 0. The third-order valence-corrected chi connectivity index (χ3v) is 4.04. The Labute approximate surface area is 108 Å². The van der Waals surface area contributed by atoms with Crippen molar-refractivity contribution >= 4 is 11.8 Å². The zero-order chi connectivity index (χ0) is 13.2. The second kappa shape index (κ2) is 5.26. The Bertz CT molecular complexity index is 337. The van der Waals surface area contributed by atoms with Crippen molar-refractivity contribution in [1.29, 1.82) is 0 Å². The highest BCUT2D eigenvalue weighted by Gasteiger charge is 2.40. The van der Waals surface area contributed by atoms with Gasteiger partial charge in [0.25, 0.3) is 0 Å². The molecule has 0 bridgehead atoms. The van der Waals surface area contributed by atoms with E-state index < -0.39 is 5.54 Å². The number of piperidine rings is 1. The van der Waals surface area contributed by atoms with Crippen LogP contribution in [0.15, 0.2) is 0 Å². The van der Waals surface area contributed by atoms with E-state index in [4.69, 9.17) is 5.73 Å². The number of likely N-dealkylation sites (tertiary alicyclic amines) is 1. The van der Waals surface area contributed by atoms with Crippen LogP contribution in [0.5, 0.6) is 0 Å². The van der Waals surface area contributed by atoms with E-state index in [0.29, 0.717) is 6.54 Å². The van der Waals surface area contributed by atoms with Gasteiger partial charge in [0.2, 0.25) is 11.8 Å². The lowest BCUT2D eigenvalue weighted by Gasteiger charge is -2.37. The maximum Gasteiger partial charge on any atom is 0.242 e. The van der Waals surface area contributed by atoms with Gasteiger partial charge in [0.1, 0.15) is 0 Å². The minimum absolute atomic E-state index is 0.0300. The summed E-state index contributed by atoms with van der Waals surface area (Å²) < 4.78 is 0. The third kappa shape index (κ3) is 2.83. The molecular formula is C13H23N3O2. The van der Waals surface area contributed by atoms with E-state index in [2.05, 4.69) is 5.32 Å². The zero-order valence-corrected chi connectivity index (χ0v) is 11.1. The number of hydrogen-bond acceptors (Lipinski definition) is 3. The second-order valence-electron chi connectivity index (χ2n) is 5.65. The van der Waals surface area contributed by atoms with E-state index >= 15 is 0 Å². The first-order chi connectivity index (χ1) is 8.51. The molecule has 5 nitrogen and oxygen atoms in total. The average molecular weight is 253 g/mol. The number of carbonyl (C=O) groups is 2. The van der Waals surface area contributed by atoms with Crippen molar-refractivity contribution in [3.8, 4) is 0 Å². The molecule has 102 valence electrons. The maximum absolute atomic E-state index is 12.4. The van der Waals surface area contributed by atoms with Gasteiger partial charge in [-0.25, -0.2) is 0 Å². The summed E-state index contributed by atoms with van der Waals surface area (Å²) in [4.78, 5) is 25.4. The molecule has 3 N–H and O–H groups in total. The molecule has 18 heavy (non-hydrogen) atoms. The Morgan fingerprint density at radius 2 is 1.94 bits per heavy atom. The lowest BCUT2D eigenvalue weighted by Crippen LogP contribution is -2.58. The average Bonchev–Trinajstić information content (AvgIpc) is 2.76. The summed E-state index contributed by atoms with van der Waals surface area (Å²) in [5.41, 5.74) is 5.56. The van der Waals surface area contributed by atoms with Crippen LogP contribution in [0.25, 0.3) is 0 Å². The van der Waals surface area contributed by atoms with Gasteiger partial charge in [0, 0.05) is 26.1 Å². The number of amides is 2. The second-order valence-corrected chi connectivity index (χ2v) is 5.65. The molecule has 2 rings (SSSR count). The van der Waals surface area contributed by atoms with Crippen molar-refractivity contribution in [3.63, 3.8) is 0 Å². The van der Waals surface area contributed by atoms with Gasteiger partial charge in [-0.2, -0.15) is 0 Å². The quantitative estimate of drug-likeness (QED) is 0.747. The van der Waals surface area contributed by atoms with Gasteiger partial charge in [0.05, 0.1) is 5.54 Å². The molecule has 1 saturated carbocycles. The van der Waals surface area contributed by atoms with Crippen molar-refractivity contribution in [3.05, 3.63) is 0 Å². The Morgan fingerprint density at radius 1 is 1.28 bits per heavy atom. The molecular weight excluding hydrogens is 230 g/mol. The van der Waals surface area contributed by atoms with Crippen LogP contribution >= 0.6 is 0 Å². The number of nitrogens with zero attached hydrogens (tertiary/aromatic N) is 1. The molecule has 2 amide bonds. The summed E-state index contributed by atoms with van der Waals surface area (Å²) in [6.45, 7) is 2.90. The van der Waals surface area contributed by atoms with Crippen LogP contribution < -0.4 is 11.1 Å². The molecule has 5 heteroatoms. The number of nitrogens with one attached hydrogen (secondary N) is 1. The smallest absolute Gasteiger partial charge is 0.242 e. The molecule has 2 fully saturated rings. The molecule has 2 aliphatic rings. The molecule has 0 aromatic rings. The first-order valence-corrected chi connectivity index (χ1v) is 6.87. The Hall–Kier alpha value is -1.10. The van der Waals surface area contributed by atoms with Gasteiger partial charge < -0.3 is 16.0 Å². The van der Waals surface area contributed by atoms with Crippen LogP contribution in [0.4, 0.5) is 0 Å². The normalized spacial score (nSPS) is 27.0. The Balaban J connectivity index is 1.95. The van der Waals surface area contributed by atoms with E-state index in [1.165, 1.54) is 6.92 Å². The molecule has 0 spiro atoms. The van der Waals surface area contributed by atoms with Crippen molar-refractivity contribution in [2.45, 2.75) is 57.0 Å². The van der Waals surface area contributed by atoms with Gasteiger partial charge in [0.15, 0.2) is 0 Å². The van der Waals surface area contributed by atoms with Crippen molar-refractivity contribution < 1.29 is 9.59 Å². The van der Waals surface area contributed by atoms with Gasteiger partial charge in [-0.05, 0) is 25.7 Å². The van der Waals surface area contributed by atoms with Crippen LogP contribution in [-0.2, 0) is 9.59 Å². The van der Waals surface area contributed by atoms with E-state index in [-0.39, 0.29) is 17.9 Å². The SMILES string of the molecule is CC(=O)NC1CCCN(C(=O)C2(N)CCCC2)C1. The van der Waals surface area contributed by atoms with Crippen LogP contribution in [0, 0.1) is 0 Å². The highest BCUT2D eigenvalue weighted by Crippen LogP contribution is 2.29. The minimum atomic E-state index is -0.641. The lowest BCUT2D eigenvalue weighted by atomic mass is 9.95. The standard InChI is InChI=1S/C13H23N3O2/c1-10(17)15-11-5-4-8-16(9-11)12(18)13(14)6-2-3-7-13/h11H,2-9,14H2,1H3,(H,15,17). The molecule has 1 unspecified atom stereocenters. The maximum atomic E-state index is 12.4. The Kier molecular flexibility index (Phi) is 3.90. The summed E-state index contributed by atoms with van der Waals surface area (Å²) in [5.74, 6) is 0.0488. The van der Waals surface area contributed by atoms with Crippen LogP contribution in [-0.4, -0.2) is 41.4 Å². The summed E-state index contributed by atoms with van der Waals surface area (Å²) in [6, 6.07) is 0.0882. The van der Waals surface area contributed by atoms with Gasteiger partial charge >= 0.3 is 0 Å². The van der Waals surface area contributed by atoms with E-state index in [1.54, 1.807) is 0 Å². The number of carbonyl (C=O) groups excluding carboxylic acids is 2. The number of nitrogens with two attached hydrogens (primary N) is 1. The lowest BCUT2D eigenvalue weighted by molar-refractivity contribution is -0.138. The fourth-order valence-corrected chi connectivity index (χ4v) is 3.10. The third-order valence-electron chi connectivity index (χ3n) is 4.04. The predicted octanol–water partition coefficient (Wildman–Crippen LogP) is 0.385. The molecule has 1 aliphatic carbocycles. The highest BCUT2D eigenvalue weighted by molar-refractivity contribution is 5.86. The van der Waals surface area contributed by atoms with Crippen molar-refractivity contribution in [2.75, 3.05) is 13.1 Å². The summed E-state index contributed by atoms with van der Waals surface area (Å²) >= 11 is 0. The van der Waals surface area contributed by atoms with E-state index in [1.807, 2.05) is 4.90 Å². The summed E-state index contributed by atoms with van der Waals surface area (Å²) in [5, 5.41) is 2.90. The number of rotatable bonds is 2. The largest absolute Gasteiger partial charge is 0.352 e. The monoisotopic (exact) mass is 253 g/mol. The van der Waals surface area contributed by atoms with Crippen molar-refractivity contribution in [1.82, 2.24) is 10.2 Å².